The number of hydrogen-bond donors (Lipinski definition) is 1. The van der Waals surface area contributed by atoms with Crippen molar-refractivity contribution in [2.24, 2.45) is 5.92 Å². The van der Waals surface area contributed by atoms with Crippen molar-refractivity contribution in [1.82, 2.24) is 0 Å². The van der Waals surface area contributed by atoms with Gasteiger partial charge in [-0.2, -0.15) is 0 Å². The lowest BCUT2D eigenvalue weighted by molar-refractivity contribution is -0.122. The Bertz CT molecular complexity index is 759. The molecule has 1 N–H and O–H groups in total. The summed E-state index contributed by atoms with van der Waals surface area (Å²) in [6, 6.07) is 13.9. The molecule has 0 aromatic heterocycles. The molecule has 0 fully saturated rings. The van der Waals surface area contributed by atoms with Gasteiger partial charge in [-0.05, 0) is 55.3 Å². The Morgan fingerprint density at radius 2 is 1.77 bits per heavy atom. The van der Waals surface area contributed by atoms with Crippen molar-refractivity contribution in [3.8, 4) is 5.75 Å². The molecule has 0 unspecified atom stereocenters. The van der Waals surface area contributed by atoms with Gasteiger partial charge in [-0.3, -0.25) is 4.79 Å². The highest BCUT2D eigenvalue weighted by atomic mass is 79.9. The molecule has 6 heteroatoms. The fraction of sp³-hybridized carbons (Fsp3) is 0.300. The van der Waals surface area contributed by atoms with Gasteiger partial charge < -0.3 is 14.8 Å². The highest BCUT2D eigenvalue weighted by Gasteiger charge is 2.15. The van der Waals surface area contributed by atoms with E-state index in [9.17, 15) is 9.59 Å². The van der Waals surface area contributed by atoms with Gasteiger partial charge in [-0.1, -0.05) is 35.8 Å². The molecule has 0 radical (unpaired) electrons. The van der Waals surface area contributed by atoms with Gasteiger partial charge in [0.2, 0.25) is 0 Å². The Hall–Kier alpha value is -2.34. The van der Waals surface area contributed by atoms with Crippen molar-refractivity contribution >= 4 is 33.5 Å². The minimum atomic E-state index is -0.667. The maximum Gasteiger partial charge on any atom is 0.338 e. The van der Waals surface area contributed by atoms with Gasteiger partial charge in [0, 0.05) is 10.2 Å². The molecule has 1 atom stereocenters. The molecule has 0 aliphatic heterocycles. The van der Waals surface area contributed by atoms with E-state index in [-0.39, 0.29) is 17.8 Å². The summed E-state index contributed by atoms with van der Waals surface area (Å²) in [5.41, 5.74) is 1.03. The van der Waals surface area contributed by atoms with Crippen LogP contribution in [-0.2, 0) is 9.53 Å². The van der Waals surface area contributed by atoms with Crippen LogP contribution in [0.2, 0.25) is 0 Å². The zero-order valence-corrected chi connectivity index (χ0v) is 16.6. The molecule has 0 saturated carbocycles. The summed E-state index contributed by atoms with van der Waals surface area (Å²) in [7, 11) is 0. The third-order valence-electron chi connectivity index (χ3n) is 3.41. The predicted molar refractivity (Wildman–Crippen MR) is 104 cm³/mol. The molecule has 2 rings (SSSR count). The van der Waals surface area contributed by atoms with Crippen molar-refractivity contribution < 1.29 is 19.1 Å². The van der Waals surface area contributed by atoms with Gasteiger partial charge in [0.1, 0.15) is 5.75 Å². The van der Waals surface area contributed by atoms with Crippen LogP contribution in [0.3, 0.4) is 0 Å². The third kappa shape index (κ3) is 6.19. The van der Waals surface area contributed by atoms with E-state index >= 15 is 0 Å². The SMILES string of the molecule is CC(C)COC(=O)c1ccc(NC(=O)[C@@H](C)Oc2cccc(Br)c2)cc1. The smallest absolute Gasteiger partial charge is 0.338 e. The van der Waals surface area contributed by atoms with Crippen LogP contribution in [0.1, 0.15) is 31.1 Å². The number of ether oxygens (including phenoxy) is 2. The summed E-state index contributed by atoms with van der Waals surface area (Å²) in [6.45, 7) is 6.00. The number of carbonyl (C=O) groups excluding carboxylic acids is 2. The number of halogens is 1. The van der Waals surface area contributed by atoms with E-state index in [1.807, 2.05) is 26.0 Å². The first-order valence-corrected chi connectivity index (χ1v) is 9.14. The molecule has 2 aromatic rings. The van der Waals surface area contributed by atoms with Gasteiger partial charge in [0.05, 0.1) is 12.2 Å². The average Bonchev–Trinajstić information content (AvgIpc) is 2.60. The van der Waals surface area contributed by atoms with Crippen molar-refractivity contribution in [2.45, 2.75) is 26.9 Å². The highest BCUT2D eigenvalue weighted by Crippen LogP contribution is 2.19. The normalized spacial score (nSPS) is 11.7. The molecule has 0 aliphatic rings. The van der Waals surface area contributed by atoms with E-state index in [1.165, 1.54) is 0 Å². The molecule has 2 aromatic carbocycles. The van der Waals surface area contributed by atoms with E-state index in [1.54, 1.807) is 43.3 Å². The molecular formula is C20H22BrNO4. The van der Waals surface area contributed by atoms with E-state index in [0.29, 0.717) is 23.6 Å². The number of anilines is 1. The molecule has 0 saturated heterocycles. The maximum absolute atomic E-state index is 12.3. The second-order valence-corrected chi connectivity index (χ2v) is 7.19. The lowest BCUT2D eigenvalue weighted by atomic mass is 10.2. The van der Waals surface area contributed by atoms with Crippen LogP contribution < -0.4 is 10.1 Å². The Morgan fingerprint density at radius 3 is 2.38 bits per heavy atom. The fourth-order valence-corrected chi connectivity index (χ4v) is 2.44. The highest BCUT2D eigenvalue weighted by molar-refractivity contribution is 9.10. The van der Waals surface area contributed by atoms with E-state index < -0.39 is 6.10 Å². The van der Waals surface area contributed by atoms with Crippen molar-refractivity contribution in [2.75, 3.05) is 11.9 Å². The van der Waals surface area contributed by atoms with Crippen LogP contribution in [0.4, 0.5) is 5.69 Å². The van der Waals surface area contributed by atoms with Crippen LogP contribution >= 0.6 is 15.9 Å². The molecule has 26 heavy (non-hydrogen) atoms. The standard InChI is InChI=1S/C20H22BrNO4/c1-13(2)12-25-20(24)15-7-9-17(10-8-15)22-19(23)14(3)26-18-6-4-5-16(21)11-18/h4-11,13-14H,12H2,1-3H3,(H,22,23)/t14-/m1/s1. The number of nitrogens with one attached hydrogen (secondary N) is 1. The first kappa shape index (κ1) is 20.0. The molecule has 0 bridgehead atoms. The first-order chi connectivity index (χ1) is 12.3. The molecular weight excluding hydrogens is 398 g/mol. The van der Waals surface area contributed by atoms with Crippen LogP contribution in [0, 0.1) is 5.92 Å². The predicted octanol–water partition coefficient (Wildman–Crippen LogP) is 4.67. The van der Waals surface area contributed by atoms with E-state index in [0.717, 1.165) is 4.47 Å². The number of hydrogen-bond acceptors (Lipinski definition) is 4. The van der Waals surface area contributed by atoms with Crippen LogP contribution in [-0.4, -0.2) is 24.6 Å². The molecule has 138 valence electrons. The van der Waals surface area contributed by atoms with Gasteiger partial charge >= 0.3 is 5.97 Å². The Balaban J connectivity index is 1.91. The quantitative estimate of drug-likeness (QED) is 0.662. The minimum Gasteiger partial charge on any atom is -0.481 e. The average molecular weight is 420 g/mol. The summed E-state index contributed by atoms with van der Waals surface area (Å²) in [4.78, 5) is 24.1. The Labute approximate surface area is 161 Å². The van der Waals surface area contributed by atoms with Gasteiger partial charge in [0.15, 0.2) is 6.10 Å². The summed E-state index contributed by atoms with van der Waals surface area (Å²) >= 11 is 3.36. The largest absolute Gasteiger partial charge is 0.481 e. The molecule has 0 aliphatic carbocycles. The Kier molecular flexibility index (Phi) is 7.21. The van der Waals surface area contributed by atoms with Gasteiger partial charge in [-0.25, -0.2) is 4.79 Å². The van der Waals surface area contributed by atoms with Crippen LogP contribution in [0.5, 0.6) is 5.75 Å². The Morgan fingerprint density at radius 1 is 1.08 bits per heavy atom. The molecule has 0 spiro atoms. The summed E-state index contributed by atoms with van der Waals surface area (Å²) < 4.78 is 11.7. The van der Waals surface area contributed by atoms with Gasteiger partial charge in [0.25, 0.3) is 5.91 Å². The molecule has 1 amide bonds. The molecule has 0 heterocycles. The van der Waals surface area contributed by atoms with Crippen LogP contribution in [0.15, 0.2) is 53.0 Å². The number of benzene rings is 2. The third-order valence-corrected chi connectivity index (χ3v) is 3.91. The second-order valence-electron chi connectivity index (χ2n) is 6.28. The zero-order chi connectivity index (χ0) is 19.1. The topological polar surface area (TPSA) is 64.6 Å². The number of esters is 1. The zero-order valence-electron chi connectivity index (χ0n) is 15.0. The monoisotopic (exact) mass is 419 g/mol. The summed E-state index contributed by atoms with van der Waals surface area (Å²) in [5.74, 6) is 0.234. The molecule has 5 nitrogen and oxygen atoms in total. The lowest BCUT2D eigenvalue weighted by Crippen LogP contribution is -2.30. The first-order valence-electron chi connectivity index (χ1n) is 8.35. The second kappa shape index (κ2) is 9.38. The summed E-state index contributed by atoms with van der Waals surface area (Å²) in [5, 5.41) is 2.77. The summed E-state index contributed by atoms with van der Waals surface area (Å²) in [6.07, 6.45) is -0.667. The van der Waals surface area contributed by atoms with Crippen LogP contribution in [0.25, 0.3) is 0 Å². The van der Waals surface area contributed by atoms with Crippen molar-refractivity contribution in [3.63, 3.8) is 0 Å². The lowest BCUT2D eigenvalue weighted by Gasteiger charge is -2.15. The minimum absolute atomic E-state index is 0.278. The van der Waals surface area contributed by atoms with E-state index in [4.69, 9.17) is 9.47 Å². The van der Waals surface area contributed by atoms with Gasteiger partial charge in [-0.15, -0.1) is 0 Å². The van der Waals surface area contributed by atoms with Crippen molar-refractivity contribution in [1.29, 1.82) is 0 Å². The number of rotatable bonds is 7. The maximum atomic E-state index is 12.3. The van der Waals surface area contributed by atoms with Crippen molar-refractivity contribution in [3.05, 3.63) is 58.6 Å². The number of carbonyl (C=O) groups is 2. The number of amides is 1. The van der Waals surface area contributed by atoms with E-state index in [2.05, 4.69) is 21.2 Å². The fourth-order valence-electron chi connectivity index (χ4n) is 2.06.